The predicted molar refractivity (Wildman–Crippen MR) is 191 cm³/mol. The van der Waals surface area contributed by atoms with Gasteiger partial charge in [-0.1, -0.05) is 66.2 Å². The van der Waals surface area contributed by atoms with Crippen LogP contribution in [0.1, 0.15) is 30.5 Å². The monoisotopic (exact) mass is 707 g/mol. The minimum absolute atomic E-state index is 0.0419. The van der Waals surface area contributed by atoms with Gasteiger partial charge in [-0.3, -0.25) is 13.9 Å². The molecule has 260 valence electrons. The largest absolute Gasteiger partial charge is 0.495 e. The van der Waals surface area contributed by atoms with Gasteiger partial charge in [0, 0.05) is 30.1 Å². The Morgan fingerprint density at radius 1 is 0.816 bits per heavy atom. The van der Waals surface area contributed by atoms with Crippen molar-refractivity contribution in [3.05, 3.63) is 113 Å². The second-order valence-corrected chi connectivity index (χ2v) is 14.0. The third-order valence-corrected chi connectivity index (χ3v) is 9.93. The Morgan fingerprint density at radius 2 is 1.45 bits per heavy atom. The number of anilines is 1. The Morgan fingerprint density at radius 3 is 2.08 bits per heavy atom. The minimum atomic E-state index is -4.48. The van der Waals surface area contributed by atoms with Crippen LogP contribution in [0.3, 0.4) is 0 Å². The standard InChI is InChI=1S/C37H42ClN3O7S/c1-25(2)39-37(43)32(20-27-13-8-7-9-14-27)40(23-28-15-11-10-12-26(28)3)36(42)24-41(31-21-29(38)16-18-33(31)46-4)49(44,45)30-17-19-34(47-5)35(22-30)48-6/h7-19,21-22,25,32H,20,23-24H2,1-6H3,(H,39,43)/t32-/m0/s1. The normalized spacial score (nSPS) is 11.8. The number of hydrogen-bond acceptors (Lipinski definition) is 7. The summed E-state index contributed by atoms with van der Waals surface area (Å²) in [5.74, 6) is -0.300. The Balaban J connectivity index is 1.89. The van der Waals surface area contributed by atoms with E-state index in [4.69, 9.17) is 25.8 Å². The van der Waals surface area contributed by atoms with E-state index >= 15 is 0 Å². The first-order valence-electron chi connectivity index (χ1n) is 15.7. The lowest BCUT2D eigenvalue weighted by Crippen LogP contribution is -2.54. The van der Waals surface area contributed by atoms with Crippen molar-refractivity contribution in [3.8, 4) is 17.2 Å². The summed E-state index contributed by atoms with van der Waals surface area (Å²) in [7, 11) is -0.249. The molecule has 0 fully saturated rings. The number of benzene rings is 4. The lowest BCUT2D eigenvalue weighted by Gasteiger charge is -2.34. The highest BCUT2D eigenvalue weighted by molar-refractivity contribution is 7.92. The van der Waals surface area contributed by atoms with Crippen molar-refractivity contribution in [3.63, 3.8) is 0 Å². The average Bonchev–Trinajstić information content (AvgIpc) is 3.09. The number of amides is 2. The van der Waals surface area contributed by atoms with Crippen LogP contribution >= 0.6 is 11.6 Å². The van der Waals surface area contributed by atoms with Crippen LogP contribution in [0, 0.1) is 6.92 Å². The molecule has 4 rings (SSSR count). The molecule has 4 aromatic carbocycles. The predicted octanol–water partition coefficient (Wildman–Crippen LogP) is 6.03. The van der Waals surface area contributed by atoms with E-state index in [-0.39, 0.29) is 52.0 Å². The van der Waals surface area contributed by atoms with Crippen molar-refractivity contribution in [1.82, 2.24) is 10.2 Å². The van der Waals surface area contributed by atoms with Gasteiger partial charge in [0.15, 0.2) is 11.5 Å². The molecular formula is C37H42ClN3O7S. The number of carbonyl (C=O) groups excluding carboxylic acids is 2. The topological polar surface area (TPSA) is 114 Å². The molecule has 0 unspecified atom stereocenters. The number of nitrogens with one attached hydrogen (secondary N) is 1. The van der Waals surface area contributed by atoms with Crippen LogP contribution in [0.2, 0.25) is 5.02 Å². The average molecular weight is 708 g/mol. The maximum Gasteiger partial charge on any atom is 0.265 e. The number of methoxy groups -OCH3 is 3. The number of aryl methyl sites for hydroxylation is 1. The Bertz CT molecular complexity index is 1870. The van der Waals surface area contributed by atoms with Gasteiger partial charge in [0.2, 0.25) is 11.8 Å². The first-order chi connectivity index (χ1) is 23.4. The van der Waals surface area contributed by atoms with Gasteiger partial charge in [0.05, 0.1) is 31.9 Å². The molecule has 1 N–H and O–H groups in total. The summed E-state index contributed by atoms with van der Waals surface area (Å²) >= 11 is 6.39. The summed E-state index contributed by atoms with van der Waals surface area (Å²) in [6.07, 6.45) is 0.194. The highest BCUT2D eigenvalue weighted by Crippen LogP contribution is 2.37. The van der Waals surface area contributed by atoms with Crippen molar-refractivity contribution in [2.75, 3.05) is 32.2 Å². The summed E-state index contributed by atoms with van der Waals surface area (Å²) in [5.41, 5.74) is 2.59. The molecule has 0 aliphatic rings. The molecular weight excluding hydrogens is 666 g/mol. The fraction of sp³-hybridized carbons (Fsp3) is 0.297. The number of sulfonamides is 1. The van der Waals surface area contributed by atoms with Gasteiger partial charge in [-0.25, -0.2) is 8.42 Å². The smallest absolute Gasteiger partial charge is 0.265 e. The lowest BCUT2D eigenvalue weighted by molar-refractivity contribution is -0.140. The number of hydrogen-bond donors (Lipinski definition) is 1. The van der Waals surface area contributed by atoms with E-state index in [9.17, 15) is 18.0 Å². The number of carbonyl (C=O) groups is 2. The maximum absolute atomic E-state index is 14.8. The molecule has 10 nitrogen and oxygen atoms in total. The third-order valence-electron chi connectivity index (χ3n) is 7.94. The fourth-order valence-electron chi connectivity index (χ4n) is 5.38. The van der Waals surface area contributed by atoms with Gasteiger partial charge in [0.1, 0.15) is 18.3 Å². The number of halogens is 1. The Hall–Kier alpha value is -4.74. The minimum Gasteiger partial charge on any atom is -0.495 e. The molecule has 0 spiro atoms. The van der Waals surface area contributed by atoms with Crippen molar-refractivity contribution in [1.29, 1.82) is 0 Å². The molecule has 12 heteroatoms. The second kappa shape index (κ2) is 16.6. The van der Waals surface area contributed by atoms with E-state index in [1.54, 1.807) is 6.07 Å². The van der Waals surface area contributed by atoms with E-state index in [0.29, 0.717) is 5.75 Å². The van der Waals surface area contributed by atoms with Crippen molar-refractivity contribution in [2.45, 2.75) is 50.7 Å². The summed E-state index contributed by atoms with van der Waals surface area (Å²) in [6.45, 7) is 4.97. The van der Waals surface area contributed by atoms with Crippen molar-refractivity contribution >= 4 is 39.1 Å². The van der Waals surface area contributed by atoms with E-state index in [2.05, 4.69) is 5.32 Å². The van der Waals surface area contributed by atoms with Gasteiger partial charge >= 0.3 is 0 Å². The van der Waals surface area contributed by atoms with Gasteiger partial charge in [-0.05, 0) is 67.8 Å². The van der Waals surface area contributed by atoms with Crippen molar-refractivity contribution in [2.24, 2.45) is 0 Å². The molecule has 0 aliphatic heterocycles. The SMILES string of the molecule is COc1ccc(S(=O)(=O)N(CC(=O)N(Cc2ccccc2C)[C@@H](Cc2ccccc2)C(=O)NC(C)C)c2cc(Cl)ccc2OC)cc1OC. The van der Waals surface area contributed by atoms with E-state index in [1.807, 2.05) is 75.4 Å². The zero-order valence-electron chi connectivity index (χ0n) is 28.5. The first-order valence-corrected chi connectivity index (χ1v) is 17.5. The van der Waals surface area contributed by atoms with Gasteiger partial charge in [-0.2, -0.15) is 0 Å². The molecule has 0 bridgehead atoms. The number of rotatable bonds is 15. The van der Waals surface area contributed by atoms with Crippen LogP contribution in [0.15, 0.2) is 95.9 Å². The highest BCUT2D eigenvalue weighted by atomic mass is 35.5. The molecule has 49 heavy (non-hydrogen) atoms. The van der Waals surface area contributed by atoms with Crippen LogP contribution in [0.4, 0.5) is 5.69 Å². The highest BCUT2D eigenvalue weighted by Gasteiger charge is 2.36. The summed E-state index contributed by atoms with van der Waals surface area (Å²) < 4.78 is 46.4. The van der Waals surface area contributed by atoms with E-state index < -0.39 is 28.5 Å². The lowest BCUT2D eigenvalue weighted by atomic mass is 10.0. The van der Waals surface area contributed by atoms with Crippen LogP contribution in [-0.2, 0) is 32.6 Å². The summed E-state index contributed by atoms with van der Waals surface area (Å²) in [5, 5.41) is 3.19. The van der Waals surface area contributed by atoms with Gasteiger partial charge < -0.3 is 24.4 Å². The number of ether oxygens (including phenoxy) is 3. The molecule has 4 aromatic rings. The zero-order chi connectivity index (χ0) is 35.7. The molecule has 0 saturated heterocycles. The summed E-state index contributed by atoms with van der Waals surface area (Å²) in [4.78, 5) is 30.0. The zero-order valence-corrected chi connectivity index (χ0v) is 30.0. The fourth-order valence-corrected chi connectivity index (χ4v) is 6.98. The molecule has 0 radical (unpaired) electrons. The Kier molecular flexibility index (Phi) is 12.5. The second-order valence-electron chi connectivity index (χ2n) is 11.7. The molecule has 0 aliphatic carbocycles. The molecule has 0 heterocycles. The summed E-state index contributed by atoms with van der Waals surface area (Å²) in [6, 6.07) is 24.4. The van der Waals surface area contributed by atoms with Gasteiger partial charge in [0.25, 0.3) is 10.0 Å². The number of nitrogens with zero attached hydrogens (tertiary/aromatic N) is 2. The van der Waals surface area contributed by atoms with Gasteiger partial charge in [-0.15, -0.1) is 0 Å². The Labute approximate surface area is 293 Å². The van der Waals surface area contributed by atoms with Crippen LogP contribution in [-0.4, -0.2) is 65.1 Å². The van der Waals surface area contributed by atoms with Crippen molar-refractivity contribution < 1.29 is 32.2 Å². The van der Waals surface area contributed by atoms with E-state index in [1.165, 1.54) is 56.6 Å². The third kappa shape index (κ3) is 9.04. The van der Waals surface area contributed by atoms with Crippen LogP contribution in [0.25, 0.3) is 0 Å². The molecule has 0 aromatic heterocycles. The quantitative estimate of drug-likeness (QED) is 0.160. The first kappa shape index (κ1) is 37.1. The van der Waals surface area contributed by atoms with Crippen LogP contribution < -0.4 is 23.8 Å². The van der Waals surface area contributed by atoms with E-state index in [0.717, 1.165) is 21.0 Å². The maximum atomic E-state index is 14.8. The molecule has 0 saturated carbocycles. The van der Waals surface area contributed by atoms with Crippen LogP contribution in [0.5, 0.6) is 17.2 Å². The molecule has 2 amide bonds. The molecule has 1 atom stereocenters.